The molecule has 0 radical (unpaired) electrons. The maximum atomic E-state index is 12.4. The number of urea groups is 1. The van der Waals surface area contributed by atoms with E-state index in [0.29, 0.717) is 23.3 Å². The van der Waals surface area contributed by atoms with E-state index < -0.39 is 6.09 Å². The van der Waals surface area contributed by atoms with E-state index in [4.69, 9.17) is 0 Å². The molecular weight excluding hydrogens is 294 g/mol. The SMILES string of the molecule is COC(=O)Nc1ccc(NC(=O)N(CCC(C)C)C2CC2)cc1. The van der Waals surface area contributed by atoms with E-state index in [1.807, 2.05) is 4.90 Å². The zero-order valence-electron chi connectivity index (χ0n) is 14.0. The summed E-state index contributed by atoms with van der Waals surface area (Å²) in [6.07, 6.45) is 2.67. The van der Waals surface area contributed by atoms with Gasteiger partial charge in [0.25, 0.3) is 0 Å². The second-order valence-electron chi connectivity index (χ2n) is 6.23. The van der Waals surface area contributed by atoms with Crippen LogP contribution in [-0.4, -0.2) is 36.7 Å². The Labute approximate surface area is 137 Å². The molecule has 0 atom stereocenters. The third-order valence-electron chi connectivity index (χ3n) is 3.76. The smallest absolute Gasteiger partial charge is 0.411 e. The van der Waals surface area contributed by atoms with Gasteiger partial charge < -0.3 is 15.0 Å². The highest BCUT2D eigenvalue weighted by Gasteiger charge is 2.32. The molecule has 1 aromatic carbocycles. The van der Waals surface area contributed by atoms with Crippen LogP contribution in [0.15, 0.2) is 24.3 Å². The van der Waals surface area contributed by atoms with Crippen LogP contribution in [-0.2, 0) is 4.74 Å². The van der Waals surface area contributed by atoms with Gasteiger partial charge in [-0.3, -0.25) is 5.32 Å². The number of carbonyl (C=O) groups is 2. The molecule has 6 heteroatoms. The van der Waals surface area contributed by atoms with Crippen molar-refractivity contribution in [3.63, 3.8) is 0 Å². The molecule has 0 aromatic heterocycles. The van der Waals surface area contributed by atoms with Crippen LogP contribution in [0.25, 0.3) is 0 Å². The number of hydrogen-bond acceptors (Lipinski definition) is 3. The molecule has 0 spiro atoms. The highest BCUT2D eigenvalue weighted by Crippen LogP contribution is 2.28. The molecule has 1 aliphatic carbocycles. The highest BCUT2D eigenvalue weighted by molar-refractivity contribution is 5.90. The lowest BCUT2D eigenvalue weighted by molar-refractivity contribution is 0.187. The minimum Gasteiger partial charge on any atom is -0.453 e. The molecule has 126 valence electrons. The van der Waals surface area contributed by atoms with Crippen LogP contribution in [0, 0.1) is 5.92 Å². The quantitative estimate of drug-likeness (QED) is 0.835. The lowest BCUT2D eigenvalue weighted by atomic mass is 10.1. The Morgan fingerprint density at radius 1 is 1.17 bits per heavy atom. The van der Waals surface area contributed by atoms with Crippen LogP contribution in [0.4, 0.5) is 21.0 Å². The van der Waals surface area contributed by atoms with Gasteiger partial charge in [-0.15, -0.1) is 0 Å². The van der Waals surface area contributed by atoms with E-state index in [2.05, 4.69) is 29.2 Å². The Morgan fingerprint density at radius 2 is 1.74 bits per heavy atom. The monoisotopic (exact) mass is 319 g/mol. The second-order valence-corrected chi connectivity index (χ2v) is 6.23. The molecule has 1 aliphatic rings. The highest BCUT2D eigenvalue weighted by atomic mass is 16.5. The molecule has 6 nitrogen and oxygen atoms in total. The number of amides is 3. The van der Waals surface area contributed by atoms with Crippen molar-refractivity contribution in [2.75, 3.05) is 24.3 Å². The zero-order valence-corrected chi connectivity index (χ0v) is 14.0. The lowest BCUT2D eigenvalue weighted by Crippen LogP contribution is -2.37. The minimum atomic E-state index is -0.518. The number of nitrogens with one attached hydrogen (secondary N) is 2. The Balaban J connectivity index is 1.91. The molecule has 2 N–H and O–H groups in total. The van der Waals surface area contributed by atoms with E-state index >= 15 is 0 Å². The number of anilines is 2. The number of carbonyl (C=O) groups excluding carboxylic acids is 2. The number of hydrogen-bond donors (Lipinski definition) is 2. The summed E-state index contributed by atoms with van der Waals surface area (Å²) in [6, 6.07) is 7.30. The van der Waals surface area contributed by atoms with Crippen molar-refractivity contribution in [3.05, 3.63) is 24.3 Å². The van der Waals surface area contributed by atoms with Gasteiger partial charge in [0.05, 0.1) is 7.11 Å². The standard InChI is InChI=1S/C17H25N3O3/c1-12(2)10-11-20(15-8-9-15)16(21)18-13-4-6-14(7-5-13)19-17(22)23-3/h4-7,12,15H,8-11H2,1-3H3,(H,18,21)(H,19,22). The molecule has 3 amide bonds. The van der Waals surface area contributed by atoms with Gasteiger partial charge in [0.15, 0.2) is 0 Å². The van der Waals surface area contributed by atoms with Gasteiger partial charge in [-0.05, 0) is 49.4 Å². The summed E-state index contributed by atoms with van der Waals surface area (Å²) in [5, 5.41) is 5.50. The largest absolute Gasteiger partial charge is 0.453 e. The third-order valence-corrected chi connectivity index (χ3v) is 3.76. The van der Waals surface area contributed by atoms with Crippen molar-refractivity contribution in [2.24, 2.45) is 5.92 Å². The fourth-order valence-corrected chi connectivity index (χ4v) is 2.23. The van der Waals surface area contributed by atoms with E-state index in [0.717, 1.165) is 25.8 Å². The Hall–Kier alpha value is -2.24. The summed E-state index contributed by atoms with van der Waals surface area (Å²) >= 11 is 0. The van der Waals surface area contributed by atoms with Crippen LogP contribution < -0.4 is 10.6 Å². The molecule has 2 rings (SSSR count). The zero-order chi connectivity index (χ0) is 16.8. The van der Waals surface area contributed by atoms with E-state index in [1.54, 1.807) is 24.3 Å². The van der Waals surface area contributed by atoms with Crippen LogP contribution >= 0.6 is 0 Å². The molecule has 0 aliphatic heterocycles. The molecule has 1 fully saturated rings. The Morgan fingerprint density at radius 3 is 2.22 bits per heavy atom. The molecule has 1 saturated carbocycles. The van der Waals surface area contributed by atoms with Crippen molar-refractivity contribution in [1.82, 2.24) is 4.90 Å². The molecule has 0 unspecified atom stereocenters. The normalized spacial score (nSPS) is 13.6. The average molecular weight is 319 g/mol. The van der Waals surface area contributed by atoms with Crippen molar-refractivity contribution >= 4 is 23.5 Å². The first kappa shape index (κ1) is 17.1. The fourth-order valence-electron chi connectivity index (χ4n) is 2.23. The van der Waals surface area contributed by atoms with Crippen molar-refractivity contribution in [1.29, 1.82) is 0 Å². The molecule has 1 aromatic rings. The maximum absolute atomic E-state index is 12.4. The second kappa shape index (κ2) is 7.85. The van der Waals surface area contributed by atoms with Gasteiger partial charge in [0, 0.05) is 24.0 Å². The van der Waals surface area contributed by atoms with Gasteiger partial charge >= 0.3 is 12.1 Å². The number of ether oxygens (including phenoxy) is 1. The first-order chi connectivity index (χ1) is 11.0. The first-order valence-electron chi connectivity index (χ1n) is 8.02. The third kappa shape index (κ3) is 5.47. The van der Waals surface area contributed by atoms with Gasteiger partial charge in [-0.1, -0.05) is 13.8 Å². The summed E-state index contributed by atoms with van der Waals surface area (Å²) in [7, 11) is 1.31. The number of methoxy groups -OCH3 is 1. The van der Waals surface area contributed by atoms with Gasteiger partial charge in [-0.25, -0.2) is 9.59 Å². The van der Waals surface area contributed by atoms with Crippen molar-refractivity contribution in [3.8, 4) is 0 Å². The van der Waals surface area contributed by atoms with Gasteiger partial charge in [0.1, 0.15) is 0 Å². The number of nitrogens with zero attached hydrogens (tertiary/aromatic N) is 1. The number of benzene rings is 1. The minimum absolute atomic E-state index is 0.0539. The summed E-state index contributed by atoms with van der Waals surface area (Å²) in [6.45, 7) is 5.11. The molecule has 0 bridgehead atoms. The van der Waals surface area contributed by atoms with Crippen LogP contribution in [0.5, 0.6) is 0 Å². The topological polar surface area (TPSA) is 70.7 Å². The summed E-state index contributed by atoms with van der Waals surface area (Å²) < 4.78 is 4.53. The van der Waals surface area contributed by atoms with Crippen LogP contribution in [0.2, 0.25) is 0 Å². The van der Waals surface area contributed by atoms with Crippen LogP contribution in [0.1, 0.15) is 33.1 Å². The van der Waals surface area contributed by atoms with E-state index in [9.17, 15) is 9.59 Å². The van der Waals surface area contributed by atoms with Crippen molar-refractivity contribution < 1.29 is 14.3 Å². The van der Waals surface area contributed by atoms with Gasteiger partial charge in [-0.2, -0.15) is 0 Å². The molecular formula is C17H25N3O3. The molecule has 23 heavy (non-hydrogen) atoms. The summed E-state index contributed by atoms with van der Waals surface area (Å²) in [5.74, 6) is 0.577. The number of rotatable bonds is 6. The van der Waals surface area contributed by atoms with Crippen LogP contribution in [0.3, 0.4) is 0 Å². The Bertz CT molecular complexity index is 539. The molecule has 0 heterocycles. The average Bonchev–Trinajstić information content (AvgIpc) is 3.34. The predicted molar refractivity (Wildman–Crippen MR) is 90.7 cm³/mol. The Kier molecular flexibility index (Phi) is 5.84. The van der Waals surface area contributed by atoms with Gasteiger partial charge in [0.2, 0.25) is 0 Å². The van der Waals surface area contributed by atoms with E-state index in [1.165, 1.54) is 7.11 Å². The lowest BCUT2D eigenvalue weighted by Gasteiger charge is -2.23. The van der Waals surface area contributed by atoms with E-state index in [-0.39, 0.29) is 6.03 Å². The van der Waals surface area contributed by atoms with Crippen molar-refractivity contribution in [2.45, 2.75) is 39.2 Å². The molecule has 0 saturated heterocycles. The summed E-state index contributed by atoms with van der Waals surface area (Å²) in [5.41, 5.74) is 1.33. The predicted octanol–water partition coefficient (Wildman–Crippen LogP) is 3.91. The summed E-state index contributed by atoms with van der Waals surface area (Å²) in [4.78, 5) is 25.5. The first-order valence-corrected chi connectivity index (χ1v) is 8.02. The maximum Gasteiger partial charge on any atom is 0.411 e. The fraction of sp³-hybridized carbons (Fsp3) is 0.529.